The van der Waals surface area contributed by atoms with Gasteiger partial charge in [0.05, 0.1) is 5.92 Å². The van der Waals surface area contributed by atoms with E-state index in [-0.39, 0.29) is 30.8 Å². The van der Waals surface area contributed by atoms with E-state index in [0.717, 1.165) is 0 Å². The summed E-state index contributed by atoms with van der Waals surface area (Å²) in [5.41, 5.74) is -0.969. The summed E-state index contributed by atoms with van der Waals surface area (Å²) in [7, 11) is 0. The Kier molecular flexibility index (Phi) is 3.69. The highest BCUT2D eigenvalue weighted by Gasteiger charge is 2.51. The largest absolute Gasteiger partial charge is 0.481 e. The van der Waals surface area contributed by atoms with Gasteiger partial charge in [-0.1, -0.05) is 23.8 Å². The number of nitrogens with zero attached hydrogens (tertiary/aromatic N) is 1. The fourth-order valence-electron chi connectivity index (χ4n) is 2.13. The number of hydrogen-bond acceptors (Lipinski definition) is 2. The third-order valence-electron chi connectivity index (χ3n) is 3.38. The van der Waals surface area contributed by atoms with Crippen molar-refractivity contribution in [2.45, 2.75) is 6.42 Å². The summed E-state index contributed by atoms with van der Waals surface area (Å²) in [6, 6.07) is 0. The Bertz CT molecular complexity index is 439. The van der Waals surface area contributed by atoms with Crippen molar-refractivity contribution in [2.75, 3.05) is 19.0 Å². The van der Waals surface area contributed by atoms with E-state index in [9.17, 15) is 9.59 Å². The Morgan fingerprint density at radius 2 is 2.17 bits per heavy atom. The van der Waals surface area contributed by atoms with Gasteiger partial charge in [0.2, 0.25) is 5.91 Å². The Balaban J connectivity index is 1.95. The molecule has 18 heavy (non-hydrogen) atoms. The molecule has 4 nitrogen and oxygen atoms in total. The van der Waals surface area contributed by atoms with Crippen molar-refractivity contribution in [2.24, 2.45) is 11.3 Å². The number of carbonyl (C=O) groups excluding carboxylic acids is 1. The molecule has 0 spiro atoms. The van der Waals surface area contributed by atoms with Gasteiger partial charge < -0.3 is 10.0 Å². The minimum Gasteiger partial charge on any atom is -0.481 e. The molecular formula is C12H13Cl2NO3. The zero-order chi connectivity index (χ0) is 13.3. The van der Waals surface area contributed by atoms with E-state index < -0.39 is 11.4 Å². The molecule has 0 aromatic carbocycles. The van der Waals surface area contributed by atoms with Gasteiger partial charge in [0, 0.05) is 24.0 Å². The molecule has 2 rings (SSSR count). The average molecular weight is 290 g/mol. The second-order valence-electron chi connectivity index (χ2n) is 4.70. The summed E-state index contributed by atoms with van der Waals surface area (Å²) in [6.45, 7) is 0.374. The van der Waals surface area contributed by atoms with E-state index in [1.165, 1.54) is 0 Å². The molecule has 1 heterocycles. The number of allylic oxidation sites excluding steroid dienone is 3. The molecule has 1 aliphatic carbocycles. The van der Waals surface area contributed by atoms with Crippen LogP contribution in [0.5, 0.6) is 0 Å². The molecule has 1 unspecified atom stereocenters. The standard InChI is InChI=1S/C12H13Cl2NO3/c13-5-12(11(17)18)6-15(7-12)10(16)8-1-3-9(14)4-2-8/h1,3-4,8H,2,5-7H2,(H,17,18). The monoisotopic (exact) mass is 289 g/mol. The highest BCUT2D eigenvalue weighted by molar-refractivity contribution is 6.31. The smallest absolute Gasteiger partial charge is 0.314 e. The van der Waals surface area contributed by atoms with Crippen molar-refractivity contribution in [3.63, 3.8) is 0 Å². The van der Waals surface area contributed by atoms with Crippen LogP contribution in [0, 0.1) is 11.3 Å². The SMILES string of the molecule is O=C(C1C=CC(Cl)=CC1)N1CC(CCl)(C(=O)O)C1. The highest BCUT2D eigenvalue weighted by Crippen LogP contribution is 2.34. The van der Waals surface area contributed by atoms with Crippen molar-refractivity contribution in [1.82, 2.24) is 4.90 Å². The molecule has 1 atom stereocenters. The van der Waals surface area contributed by atoms with Crippen molar-refractivity contribution in [3.05, 3.63) is 23.3 Å². The third-order valence-corrected chi connectivity index (χ3v) is 4.17. The van der Waals surface area contributed by atoms with Gasteiger partial charge in [-0.2, -0.15) is 0 Å². The van der Waals surface area contributed by atoms with Crippen LogP contribution in [-0.2, 0) is 9.59 Å². The van der Waals surface area contributed by atoms with Crippen LogP contribution in [0.2, 0.25) is 0 Å². The zero-order valence-electron chi connectivity index (χ0n) is 9.60. The average Bonchev–Trinajstić information content (AvgIpc) is 2.28. The molecule has 0 bridgehead atoms. The van der Waals surface area contributed by atoms with Gasteiger partial charge in [0.15, 0.2) is 0 Å². The number of likely N-dealkylation sites (tertiary alicyclic amines) is 1. The van der Waals surface area contributed by atoms with Crippen LogP contribution in [0.15, 0.2) is 23.3 Å². The molecule has 0 aromatic rings. The summed E-state index contributed by atoms with van der Waals surface area (Å²) in [5, 5.41) is 9.69. The lowest BCUT2D eigenvalue weighted by molar-refractivity contribution is -0.164. The van der Waals surface area contributed by atoms with Crippen LogP contribution in [-0.4, -0.2) is 40.9 Å². The molecule has 1 fully saturated rings. The maximum absolute atomic E-state index is 12.1. The van der Waals surface area contributed by atoms with E-state index in [0.29, 0.717) is 11.5 Å². The first-order valence-electron chi connectivity index (χ1n) is 5.60. The summed E-state index contributed by atoms with van der Waals surface area (Å²) in [4.78, 5) is 24.7. The molecule has 2 aliphatic rings. The normalized spacial score (nSPS) is 25.3. The Morgan fingerprint density at radius 3 is 2.61 bits per heavy atom. The molecule has 1 saturated heterocycles. The Morgan fingerprint density at radius 1 is 1.50 bits per heavy atom. The second-order valence-corrected chi connectivity index (χ2v) is 5.41. The van der Waals surface area contributed by atoms with Crippen molar-refractivity contribution in [1.29, 1.82) is 0 Å². The van der Waals surface area contributed by atoms with Gasteiger partial charge in [-0.15, -0.1) is 11.6 Å². The fourth-order valence-corrected chi connectivity index (χ4v) is 2.57. The minimum absolute atomic E-state index is 0.0261. The first-order chi connectivity index (χ1) is 8.48. The molecule has 98 valence electrons. The molecule has 1 amide bonds. The summed E-state index contributed by atoms with van der Waals surface area (Å²) < 4.78 is 0. The van der Waals surface area contributed by atoms with Crippen LogP contribution in [0.4, 0.5) is 0 Å². The number of halogens is 2. The maximum Gasteiger partial charge on any atom is 0.314 e. The van der Waals surface area contributed by atoms with Crippen LogP contribution in [0.3, 0.4) is 0 Å². The number of carboxylic acid groups (broad SMARTS) is 1. The van der Waals surface area contributed by atoms with E-state index >= 15 is 0 Å². The Hall–Kier alpha value is -1.00. The summed E-state index contributed by atoms with van der Waals surface area (Å²) in [6.07, 6.45) is 5.80. The maximum atomic E-state index is 12.1. The first-order valence-corrected chi connectivity index (χ1v) is 6.52. The molecular weight excluding hydrogens is 277 g/mol. The quantitative estimate of drug-likeness (QED) is 0.807. The van der Waals surface area contributed by atoms with Gasteiger partial charge in [0.1, 0.15) is 5.41 Å². The summed E-state index contributed by atoms with van der Waals surface area (Å²) >= 11 is 11.4. The minimum atomic E-state index is -0.969. The van der Waals surface area contributed by atoms with E-state index in [2.05, 4.69) is 0 Å². The Labute approximate surface area is 115 Å². The molecule has 1 N–H and O–H groups in total. The van der Waals surface area contributed by atoms with E-state index in [1.807, 2.05) is 0 Å². The number of rotatable bonds is 3. The van der Waals surface area contributed by atoms with E-state index in [4.69, 9.17) is 28.3 Å². The predicted molar refractivity (Wildman–Crippen MR) is 68.6 cm³/mol. The van der Waals surface area contributed by atoms with Crippen molar-refractivity contribution >= 4 is 35.1 Å². The predicted octanol–water partition coefficient (Wildman–Crippen LogP) is 1.84. The van der Waals surface area contributed by atoms with Crippen molar-refractivity contribution < 1.29 is 14.7 Å². The lowest BCUT2D eigenvalue weighted by atomic mass is 9.80. The lowest BCUT2D eigenvalue weighted by Crippen LogP contribution is -2.64. The molecule has 0 saturated carbocycles. The highest BCUT2D eigenvalue weighted by atomic mass is 35.5. The van der Waals surface area contributed by atoms with Gasteiger partial charge in [-0.25, -0.2) is 0 Å². The second kappa shape index (κ2) is 4.94. The van der Waals surface area contributed by atoms with E-state index in [1.54, 1.807) is 23.1 Å². The van der Waals surface area contributed by atoms with Gasteiger partial charge >= 0.3 is 5.97 Å². The van der Waals surface area contributed by atoms with Crippen molar-refractivity contribution in [3.8, 4) is 0 Å². The number of aliphatic carboxylic acids is 1. The van der Waals surface area contributed by atoms with Crippen LogP contribution in [0.1, 0.15) is 6.42 Å². The number of hydrogen-bond donors (Lipinski definition) is 1. The van der Waals surface area contributed by atoms with Gasteiger partial charge in [-0.05, 0) is 12.5 Å². The zero-order valence-corrected chi connectivity index (χ0v) is 11.1. The molecule has 0 aromatic heterocycles. The fraction of sp³-hybridized carbons (Fsp3) is 0.500. The topological polar surface area (TPSA) is 57.6 Å². The van der Waals surface area contributed by atoms with Gasteiger partial charge in [-0.3, -0.25) is 9.59 Å². The first kappa shape index (κ1) is 13.4. The summed E-state index contributed by atoms with van der Waals surface area (Å²) in [5.74, 6) is -1.22. The van der Waals surface area contributed by atoms with Crippen LogP contribution >= 0.6 is 23.2 Å². The molecule has 6 heteroatoms. The molecule has 0 radical (unpaired) electrons. The van der Waals surface area contributed by atoms with Gasteiger partial charge in [0.25, 0.3) is 0 Å². The number of alkyl halides is 1. The number of carbonyl (C=O) groups is 2. The lowest BCUT2D eigenvalue weighted by Gasteiger charge is -2.47. The number of amides is 1. The third kappa shape index (κ3) is 2.27. The van der Waals surface area contributed by atoms with Crippen LogP contribution < -0.4 is 0 Å². The molecule has 1 aliphatic heterocycles. The van der Waals surface area contributed by atoms with Crippen LogP contribution in [0.25, 0.3) is 0 Å². The number of carboxylic acids is 1.